The Morgan fingerprint density at radius 3 is 2.61 bits per heavy atom. The lowest BCUT2D eigenvalue weighted by Crippen LogP contribution is -2.38. The average molecular weight is 316 g/mol. The number of carbonyl (C=O) groups is 1. The van der Waals surface area contributed by atoms with E-state index in [4.69, 9.17) is 0 Å². The number of halogens is 1. The fraction of sp³-hybridized carbons (Fsp3) is 0.933. The van der Waals surface area contributed by atoms with E-state index in [2.05, 4.69) is 27.8 Å². The molecule has 2 atom stereocenters. The second-order valence-corrected chi connectivity index (χ2v) is 6.76. The van der Waals surface area contributed by atoms with Crippen molar-refractivity contribution in [2.75, 3.05) is 11.9 Å². The molecule has 2 nitrogen and oxygen atoms in total. The van der Waals surface area contributed by atoms with Crippen molar-refractivity contribution in [3.8, 4) is 0 Å². The molecule has 1 amide bonds. The van der Waals surface area contributed by atoms with Gasteiger partial charge in [0.05, 0.1) is 0 Å². The number of hydrogen-bond acceptors (Lipinski definition) is 1. The molecule has 1 aliphatic heterocycles. The van der Waals surface area contributed by atoms with Crippen LogP contribution in [0.5, 0.6) is 0 Å². The molecule has 1 saturated carbocycles. The minimum Gasteiger partial charge on any atom is -0.339 e. The van der Waals surface area contributed by atoms with Crippen LogP contribution in [-0.4, -0.2) is 28.7 Å². The first-order chi connectivity index (χ1) is 8.72. The summed E-state index contributed by atoms with van der Waals surface area (Å²) in [7, 11) is 0. The summed E-state index contributed by atoms with van der Waals surface area (Å²) >= 11 is 3.56. The third-order valence-electron chi connectivity index (χ3n) is 4.85. The predicted molar refractivity (Wildman–Crippen MR) is 78.9 cm³/mol. The highest BCUT2D eigenvalue weighted by atomic mass is 79.9. The second kappa shape index (κ2) is 6.93. The van der Waals surface area contributed by atoms with E-state index in [1.165, 1.54) is 38.5 Å². The van der Waals surface area contributed by atoms with Gasteiger partial charge >= 0.3 is 0 Å². The lowest BCUT2D eigenvalue weighted by Gasteiger charge is -2.27. The van der Waals surface area contributed by atoms with Crippen LogP contribution >= 0.6 is 15.9 Å². The summed E-state index contributed by atoms with van der Waals surface area (Å²) in [6.07, 6.45) is 9.94. The maximum absolute atomic E-state index is 12.3. The predicted octanol–water partition coefficient (Wildman–Crippen LogP) is 3.98. The molecule has 3 heteroatoms. The van der Waals surface area contributed by atoms with Gasteiger partial charge in [0.15, 0.2) is 0 Å². The van der Waals surface area contributed by atoms with Crippen LogP contribution in [0.1, 0.15) is 58.3 Å². The number of hydrogen-bond donors (Lipinski definition) is 0. The van der Waals surface area contributed by atoms with Crippen molar-refractivity contribution >= 4 is 21.8 Å². The van der Waals surface area contributed by atoms with Gasteiger partial charge in [0.2, 0.25) is 5.91 Å². The van der Waals surface area contributed by atoms with E-state index in [-0.39, 0.29) is 0 Å². The zero-order chi connectivity index (χ0) is 13.0. The van der Waals surface area contributed by atoms with E-state index in [9.17, 15) is 4.79 Å². The summed E-state index contributed by atoms with van der Waals surface area (Å²) in [6, 6.07) is 0.434. The third-order valence-corrected chi connectivity index (χ3v) is 5.52. The van der Waals surface area contributed by atoms with E-state index in [0.717, 1.165) is 30.6 Å². The molecule has 18 heavy (non-hydrogen) atoms. The summed E-state index contributed by atoms with van der Waals surface area (Å²) in [5, 5.41) is 0.934. The number of carbonyl (C=O) groups excluding carboxylic acids is 1. The van der Waals surface area contributed by atoms with Crippen LogP contribution in [0.3, 0.4) is 0 Å². The van der Waals surface area contributed by atoms with Crippen LogP contribution in [0, 0.1) is 11.8 Å². The highest BCUT2D eigenvalue weighted by molar-refractivity contribution is 9.09. The Hall–Kier alpha value is -0.0500. The molecular weight excluding hydrogens is 290 g/mol. The van der Waals surface area contributed by atoms with Gasteiger partial charge in [-0.1, -0.05) is 55.0 Å². The molecule has 0 spiro atoms. The molecule has 0 radical (unpaired) electrons. The number of likely N-dealkylation sites (tertiary alicyclic amines) is 1. The van der Waals surface area contributed by atoms with Gasteiger partial charge in [-0.05, 0) is 24.7 Å². The number of rotatable bonds is 4. The monoisotopic (exact) mass is 315 g/mol. The van der Waals surface area contributed by atoms with E-state index in [1.54, 1.807) is 0 Å². The first-order valence-electron chi connectivity index (χ1n) is 7.57. The van der Waals surface area contributed by atoms with Crippen molar-refractivity contribution in [1.29, 1.82) is 0 Å². The molecule has 2 aliphatic rings. The molecule has 0 N–H and O–H groups in total. The first-order valence-corrected chi connectivity index (χ1v) is 8.70. The molecule has 2 rings (SSSR count). The minimum absolute atomic E-state index is 0.398. The van der Waals surface area contributed by atoms with Gasteiger partial charge in [0.1, 0.15) is 0 Å². The quantitative estimate of drug-likeness (QED) is 0.719. The van der Waals surface area contributed by atoms with Crippen LogP contribution in [-0.2, 0) is 4.79 Å². The second-order valence-electron chi connectivity index (χ2n) is 6.12. The Balaban J connectivity index is 1.77. The Morgan fingerprint density at radius 1 is 1.22 bits per heavy atom. The fourth-order valence-electron chi connectivity index (χ4n) is 3.50. The van der Waals surface area contributed by atoms with Gasteiger partial charge < -0.3 is 4.90 Å². The maximum Gasteiger partial charge on any atom is 0.222 e. The van der Waals surface area contributed by atoms with Gasteiger partial charge in [-0.2, -0.15) is 0 Å². The molecule has 0 aromatic rings. The normalized spacial score (nSPS) is 29.8. The van der Waals surface area contributed by atoms with Gasteiger partial charge in [-0.15, -0.1) is 0 Å². The van der Waals surface area contributed by atoms with E-state index in [1.807, 2.05) is 0 Å². The Labute approximate surface area is 120 Å². The van der Waals surface area contributed by atoms with E-state index in [0.29, 0.717) is 17.9 Å². The van der Waals surface area contributed by atoms with Crippen molar-refractivity contribution in [3.63, 3.8) is 0 Å². The maximum atomic E-state index is 12.3. The van der Waals surface area contributed by atoms with Crippen LogP contribution in [0.25, 0.3) is 0 Å². The van der Waals surface area contributed by atoms with Crippen molar-refractivity contribution in [1.82, 2.24) is 4.90 Å². The van der Waals surface area contributed by atoms with Crippen LogP contribution in [0.2, 0.25) is 0 Å². The molecular formula is C15H26BrNO. The highest BCUT2D eigenvalue weighted by Gasteiger charge is 2.33. The lowest BCUT2D eigenvalue weighted by atomic mass is 9.86. The summed E-state index contributed by atoms with van der Waals surface area (Å²) in [6.45, 7) is 3.24. The van der Waals surface area contributed by atoms with Gasteiger partial charge in [0.25, 0.3) is 0 Å². The van der Waals surface area contributed by atoms with Crippen molar-refractivity contribution in [2.24, 2.45) is 11.8 Å². The average Bonchev–Trinajstić information content (AvgIpc) is 2.78. The standard InChI is InChI=1S/C15H26BrNO/c1-12-9-10-17(14(12)11-16)15(18)8-7-13-5-3-2-4-6-13/h12-14H,2-11H2,1H3. The molecule has 0 aromatic heterocycles. The largest absolute Gasteiger partial charge is 0.339 e. The Bertz CT molecular complexity index is 276. The first kappa shape index (κ1) is 14.4. The Kier molecular flexibility index (Phi) is 5.53. The molecule has 2 fully saturated rings. The topological polar surface area (TPSA) is 20.3 Å². The van der Waals surface area contributed by atoms with Crippen LogP contribution < -0.4 is 0 Å². The van der Waals surface area contributed by atoms with Gasteiger partial charge in [-0.25, -0.2) is 0 Å². The fourth-order valence-corrected chi connectivity index (χ4v) is 4.49. The van der Waals surface area contributed by atoms with Gasteiger partial charge in [-0.3, -0.25) is 4.79 Å². The smallest absolute Gasteiger partial charge is 0.222 e. The summed E-state index contributed by atoms with van der Waals surface area (Å²) in [5.41, 5.74) is 0. The Morgan fingerprint density at radius 2 is 1.94 bits per heavy atom. The molecule has 104 valence electrons. The summed E-state index contributed by atoms with van der Waals surface area (Å²) in [5.74, 6) is 1.88. The summed E-state index contributed by atoms with van der Waals surface area (Å²) < 4.78 is 0. The zero-order valence-corrected chi connectivity index (χ0v) is 13.1. The molecule has 0 bridgehead atoms. The number of amides is 1. The van der Waals surface area contributed by atoms with Crippen LogP contribution in [0.15, 0.2) is 0 Å². The highest BCUT2D eigenvalue weighted by Crippen LogP contribution is 2.30. The number of nitrogens with zero attached hydrogens (tertiary/aromatic N) is 1. The zero-order valence-electron chi connectivity index (χ0n) is 11.5. The lowest BCUT2D eigenvalue weighted by molar-refractivity contribution is -0.132. The van der Waals surface area contributed by atoms with Crippen molar-refractivity contribution in [3.05, 3.63) is 0 Å². The molecule has 0 aromatic carbocycles. The number of alkyl halides is 1. The van der Waals surface area contributed by atoms with Crippen molar-refractivity contribution < 1.29 is 4.79 Å². The third kappa shape index (κ3) is 3.49. The summed E-state index contributed by atoms with van der Waals surface area (Å²) in [4.78, 5) is 14.4. The van der Waals surface area contributed by atoms with Gasteiger partial charge in [0, 0.05) is 24.3 Å². The molecule has 2 unspecified atom stereocenters. The molecule has 1 heterocycles. The molecule has 1 aliphatic carbocycles. The van der Waals surface area contributed by atoms with E-state index < -0.39 is 0 Å². The van der Waals surface area contributed by atoms with E-state index >= 15 is 0 Å². The minimum atomic E-state index is 0.398. The van der Waals surface area contributed by atoms with Crippen LogP contribution in [0.4, 0.5) is 0 Å². The van der Waals surface area contributed by atoms with Crippen molar-refractivity contribution in [2.45, 2.75) is 64.3 Å². The molecule has 1 saturated heterocycles. The SMILES string of the molecule is CC1CCN(C(=O)CCC2CCCCC2)C1CBr.